The maximum Gasteiger partial charge on any atom is 0.323 e. The van der Waals surface area contributed by atoms with Gasteiger partial charge >= 0.3 is 6.01 Å². The van der Waals surface area contributed by atoms with E-state index < -0.39 is 0 Å². The van der Waals surface area contributed by atoms with Gasteiger partial charge in [0.05, 0.1) is 13.2 Å². The van der Waals surface area contributed by atoms with E-state index in [-0.39, 0.29) is 24.6 Å². The zero-order chi connectivity index (χ0) is 15.0. The molecule has 114 valence electrons. The highest BCUT2D eigenvalue weighted by Crippen LogP contribution is 2.19. The van der Waals surface area contributed by atoms with Crippen molar-refractivity contribution in [3.05, 3.63) is 0 Å². The van der Waals surface area contributed by atoms with Crippen LogP contribution in [0.2, 0.25) is 0 Å². The van der Waals surface area contributed by atoms with Crippen LogP contribution in [0.1, 0.15) is 33.6 Å². The first kappa shape index (κ1) is 16.4. The largest absolute Gasteiger partial charge is 0.464 e. The normalized spacial score (nSPS) is 10.7. The summed E-state index contributed by atoms with van der Waals surface area (Å²) in [5, 5.41) is 9.25. The molecule has 0 saturated heterocycles. The molecule has 1 rings (SSSR count). The molecule has 0 radical (unpaired) electrons. The van der Waals surface area contributed by atoms with Crippen LogP contribution in [0.4, 0.5) is 11.9 Å². The number of aromatic nitrogens is 3. The van der Waals surface area contributed by atoms with E-state index in [0.717, 1.165) is 12.8 Å². The van der Waals surface area contributed by atoms with Crippen LogP contribution in [0, 0.1) is 0 Å². The molecule has 0 aliphatic carbocycles. The third kappa shape index (κ3) is 4.17. The Hall–Kier alpha value is -1.67. The monoisotopic (exact) mass is 284 g/mol. The maximum atomic E-state index is 9.25. The molecule has 0 aromatic carbocycles. The van der Waals surface area contributed by atoms with Crippen LogP contribution in [0.5, 0.6) is 6.01 Å². The molecule has 1 aromatic rings. The highest BCUT2D eigenvalue weighted by Gasteiger charge is 2.20. The quantitative estimate of drug-likeness (QED) is 0.445. The first-order chi connectivity index (χ1) is 9.69. The molecular formula is C12H24N6O2. The molecule has 0 unspecified atom stereocenters. The van der Waals surface area contributed by atoms with Gasteiger partial charge in [0, 0.05) is 12.6 Å². The highest BCUT2D eigenvalue weighted by atomic mass is 16.5. The van der Waals surface area contributed by atoms with Gasteiger partial charge < -0.3 is 14.7 Å². The Balaban J connectivity index is 3.13. The minimum absolute atomic E-state index is 0.0253. The second-order valence-corrected chi connectivity index (χ2v) is 4.21. The third-order valence-electron chi connectivity index (χ3n) is 2.99. The molecule has 20 heavy (non-hydrogen) atoms. The Bertz CT molecular complexity index is 400. The molecule has 0 fully saturated rings. The summed E-state index contributed by atoms with van der Waals surface area (Å²) in [5.41, 5.74) is 2.41. The summed E-state index contributed by atoms with van der Waals surface area (Å²) >= 11 is 0. The molecule has 1 aromatic heterocycles. The van der Waals surface area contributed by atoms with Crippen LogP contribution in [0.15, 0.2) is 0 Å². The Labute approximate surface area is 119 Å². The maximum absolute atomic E-state index is 9.25. The van der Waals surface area contributed by atoms with E-state index in [1.807, 2.05) is 11.8 Å². The number of hydrogen-bond acceptors (Lipinski definition) is 8. The number of nitrogens with zero attached hydrogens (tertiary/aromatic N) is 4. The van der Waals surface area contributed by atoms with Crippen molar-refractivity contribution in [3.8, 4) is 6.01 Å². The predicted octanol–water partition coefficient (Wildman–Crippen LogP) is 0.543. The van der Waals surface area contributed by atoms with Crippen molar-refractivity contribution in [2.24, 2.45) is 5.84 Å². The van der Waals surface area contributed by atoms with E-state index in [4.69, 9.17) is 10.6 Å². The smallest absolute Gasteiger partial charge is 0.323 e. The predicted molar refractivity (Wildman–Crippen MR) is 77.6 cm³/mol. The first-order valence-electron chi connectivity index (χ1n) is 6.93. The minimum Gasteiger partial charge on any atom is -0.464 e. The highest BCUT2D eigenvalue weighted by molar-refractivity contribution is 5.38. The summed E-state index contributed by atoms with van der Waals surface area (Å²) in [6, 6.07) is 0.462. The number of nitrogens with one attached hydrogen (secondary N) is 1. The fraction of sp³-hybridized carbons (Fsp3) is 0.750. The summed E-state index contributed by atoms with van der Waals surface area (Å²) in [5.74, 6) is 6.07. The van der Waals surface area contributed by atoms with Gasteiger partial charge in [-0.25, -0.2) is 5.84 Å². The molecule has 0 aliphatic heterocycles. The van der Waals surface area contributed by atoms with Gasteiger partial charge in [-0.3, -0.25) is 5.43 Å². The molecule has 4 N–H and O–H groups in total. The molecular weight excluding hydrogens is 260 g/mol. The minimum atomic E-state index is 0.0253. The van der Waals surface area contributed by atoms with Gasteiger partial charge in [0.2, 0.25) is 11.9 Å². The fourth-order valence-electron chi connectivity index (χ4n) is 2.02. The molecule has 0 amide bonds. The number of hydrogen-bond donors (Lipinski definition) is 3. The van der Waals surface area contributed by atoms with Gasteiger partial charge in [-0.1, -0.05) is 13.8 Å². The first-order valence-corrected chi connectivity index (χ1v) is 6.93. The topological polar surface area (TPSA) is 109 Å². The lowest BCUT2D eigenvalue weighted by Gasteiger charge is -2.30. The lowest BCUT2D eigenvalue weighted by molar-refractivity contribution is 0.292. The zero-order valence-corrected chi connectivity index (χ0v) is 12.3. The van der Waals surface area contributed by atoms with Crippen LogP contribution in [-0.4, -0.2) is 45.9 Å². The van der Waals surface area contributed by atoms with Crippen LogP contribution >= 0.6 is 0 Å². The van der Waals surface area contributed by atoms with Crippen LogP contribution < -0.4 is 20.9 Å². The van der Waals surface area contributed by atoms with E-state index in [1.165, 1.54) is 0 Å². The number of ether oxygens (including phenoxy) is 1. The lowest BCUT2D eigenvalue weighted by atomic mass is 10.1. The summed E-state index contributed by atoms with van der Waals surface area (Å²) in [6.07, 6.45) is 1.86. The van der Waals surface area contributed by atoms with Crippen LogP contribution in [-0.2, 0) is 0 Å². The van der Waals surface area contributed by atoms with Crippen LogP contribution in [0.25, 0.3) is 0 Å². The molecule has 8 heteroatoms. The van der Waals surface area contributed by atoms with E-state index in [2.05, 4.69) is 34.2 Å². The zero-order valence-electron chi connectivity index (χ0n) is 12.3. The average molecular weight is 284 g/mol. The van der Waals surface area contributed by atoms with Gasteiger partial charge in [0.15, 0.2) is 0 Å². The molecule has 0 atom stereocenters. The van der Waals surface area contributed by atoms with Crippen molar-refractivity contribution in [3.63, 3.8) is 0 Å². The second kappa shape index (κ2) is 8.49. The van der Waals surface area contributed by atoms with Crippen molar-refractivity contribution in [2.45, 2.75) is 39.7 Å². The van der Waals surface area contributed by atoms with Gasteiger partial charge in [0.1, 0.15) is 0 Å². The van der Waals surface area contributed by atoms with E-state index >= 15 is 0 Å². The van der Waals surface area contributed by atoms with Gasteiger partial charge in [-0.2, -0.15) is 15.0 Å². The van der Waals surface area contributed by atoms with Gasteiger partial charge in [-0.15, -0.1) is 0 Å². The van der Waals surface area contributed by atoms with E-state index in [0.29, 0.717) is 19.1 Å². The Morgan fingerprint density at radius 3 is 2.45 bits per heavy atom. The summed E-state index contributed by atoms with van der Waals surface area (Å²) in [6.45, 7) is 6.96. The number of nitrogens with two attached hydrogens (primary N) is 1. The summed E-state index contributed by atoms with van der Waals surface area (Å²) in [4.78, 5) is 14.5. The molecule has 0 bridgehead atoms. The number of hydrazine groups is 1. The molecule has 8 nitrogen and oxygen atoms in total. The number of anilines is 2. The summed E-state index contributed by atoms with van der Waals surface area (Å²) in [7, 11) is 0. The fourth-order valence-corrected chi connectivity index (χ4v) is 2.02. The van der Waals surface area contributed by atoms with Gasteiger partial charge in [0.25, 0.3) is 0 Å². The SMILES string of the molecule is CCOc1nc(NN)nc(N(CCO)C(CC)CC)n1. The van der Waals surface area contributed by atoms with E-state index in [9.17, 15) is 5.11 Å². The Kier molecular flexibility index (Phi) is 6.96. The number of aliphatic hydroxyl groups is 1. The van der Waals surface area contributed by atoms with E-state index in [1.54, 1.807) is 0 Å². The molecule has 0 aliphatic rings. The van der Waals surface area contributed by atoms with Crippen LogP contribution in [0.3, 0.4) is 0 Å². The Morgan fingerprint density at radius 1 is 1.25 bits per heavy atom. The second-order valence-electron chi connectivity index (χ2n) is 4.21. The van der Waals surface area contributed by atoms with Crippen molar-refractivity contribution in [2.75, 3.05) is 30.1 Å². The molecule has 0 saturated carbocycles. The lowest BCUT2D eigenvalue weighted by Crippen LogP contribution is -2.38. The van der Waals surface area contributed by atoms with Gasteiger partial charge in [-0.05, 0) is 19.8 Å². The summed E-state index contributed by atoms with van der Waals surface area (Å²) < 4.78 is 5.32. The average Bonchev–Trinajstić information content (AvgIpc) is 2.47. The standard InChI is InChI=1S/C12H24N6O2/c1-4-9(5-2)18(7-8-19)11-14-10(17-13)15-12(16-11)20-6-3/h9,19H,4-8,13H2,1-3H3,(H,14,15,16,17). The number of rotatable bonds is 9. The van der Waals surface area contributed by atoms with Crippen molar-refractivity contribution >= 4 is 11.9 Å². The number of nitrogen functional groups attached to an aromatic ring is 1. The van der Waals surface area contributed by atoms with Crippen molar-refractivity contribution in [1.29, 1.82) is 0 Å². The third-order valence-corrected chi connectivity index (χ3v) is 2.99. The number of aliphatic hydroxyl groups excluding tert-OH is 1. The van der Waals surface area contributed by atoms with Crippen molar-refractivity contribution < 1.29 is 9.84 Å². The Morgan fingerprint density at radius 2 is 1.95 bits per heavy atom. The molecule has 0 spiro atoms. The van der Waals surface area contributed by atoms with Crippen molar-refractivity contribution in [1.82, 2.24) is 15.0 Å². The molecule has 1 heterocycles.